The van der Waals surface area contributed by atoms with E-state index in [0.29, 0.717) is 0 Å². The first-order valence-electron chi connectivity index (χ1n) is 7.29. The van der Waals surface area contributed by atoms with Crippen molar-refractivity contribution in [3.05, 3.63) is 22.8 Å². The topological polar surface area (TPSA) is 0 Å². The van der Waals surface area contributed by atoms with Gasteiger partial charge in [-0.25, -0.2) is 0 Å². The average molecular weight is 253 g/mol. The summed E-state index contributed by atoms with van der Waals surface area (Å²) in [7, 11) is -0.987. The fraction of sp³-hybridized carbons (Fsp3) is 0.750. The first-order valence-corrected chi connectivity index (χ1v) is 11.0. The van der Waals surface area contributed by atoms with Crippen LogP contribution in [0.25, 0.3) is 0 Å². The molecule has 0 fully saturated rings. The van der Waals surface area contributed by atoms with Crippen molar-refractivity contribution in [1.29, 1.82) is 0 Å². The van der Waals surface area contributed by atoms with Gasteiger partial charge in [-0.05, 0) is 42.9 Å². The molecular weight excluding hydrogens is 220 g/mol. The molecule has 17 heavy (non-hydrogen) atoms. The zero-order valence-electron chi connectivity index (χ0n) is 13.1. The monoisotopic (exact) mass is 252 g/mol. The van der Waals surface area contributed by atoms with E-state index in [-0.39, 0.29) is 0 Å². The molecule has 0 aromatic rings. The summed E-state index contributed by atoms with van der Waals surface area (Å²) in [6, 6.07) is 1.37. The number of allylic oxidation sites excluding steroid dienone is 4. The minimum Gasteiger partial charge on any atom is -0.0813 e. The third kappa shape index (κ3) is 6.26. The standard InChI is InChI=1S/C16H32Si/c1-8-12-14(9-2)16(11-4)15(10-3)13-17(5,6)7/h12H,8-11,13H2,1-7H3/b14-12?,16-15-. The number of hydrogen-bond acceptors (Lipinski definition) is 0. The van der Waals surface area contributed by atoms with E-state index in [1.807, 2.05) is 0 Å². The molecule has 0 aromatic heterocycles. The molecule has 100 valence electrons. The zero-order chi connectivity index (χ0) is 13.5. The van der Waals surface area contributed by atoms with Gasteiger partial charge in [0.2, 0.25) is 0 Å². The highest BCUT2D eigenvalue weighted by Gasteiger charge is 2.17. The third-order valence-corrected chi connectivity index (χ3v) is 4.66. The molecule has 0 rings (SSSR count). The largest absolute Gasteiger partial charge is 0.0813 e. The molecule has 0 saturated heterocycles. The van der Waals surface area contributed by atoms with Crippen molar-refractivity contribution in [1.82, 2.24) is 0 Å². The van der Waals surface area contributed by atoms with Crippen LogP contribution in [0.15, 0.2) is 22.8 Å². The molecule has 0 spiro atoms. The minimum atomic E-state index is -0.987. The van der Waals surface area contributed by atoms with Crippen molar-refractivity contribution < 1.29 is 0 Å². The maximum absolute atomic E-state index is 2.48. The maximum atomic E-state index is 2.48. The Morgan fingerprint density at radius 3 is 1.76 bits per heavy atom. The second kappa shape index (κ2) is 7.92. The number of rotatable bonds is 7. The van der Waals surface area contributed by atoms with Crippen LogP contribution in [0.4, 0.5) is 0 Å². The summed E-state index contributed by atoms with van der Waals surface area (Å²) >= 11 is 0. The molecule has 0 saturated carbocycles. The van der Waals surface area contributed by atoms with Crippen LogP contribution in [0.1, 0.15) is 53.4 Å². The van der Waals surface area contributed by atoms with Crippen molar-refractivity contribution in [2.45, 2.75) is 79.1 Å². The lowest BCUT2D eigenvalue weighted by molar-refractivity contribution is 0.940. The quantitative estimate of drug-likeness (QED) is 0.374. The van der Waals surface area contributed by atoms with Gasteiger partial charge in [0, 0.05) is 8.07 Å². The molecule has 0 aromatic carbocycles. The molecule has 0 heterocycles. The molecule has 0 unspecified atom stereocenters. The van der Waals surface area contributed by atoms with Gasteiger partial charge in [0.1, 0.15) is 0 Å². The van der Waals surface area contributed by atoms with Gasteiger partial charge in [-0.1, -0.05) is 59.0 Å². The molecule has 0 aliphatic heterocycles. The first kappa shape index (κ1) is 16.7. The fourth-order valence-electron chi connectivity index (χ4n) is 2.52. The molecule has 0 radical (unpaired) electrons. The molecule has 0 nitrogen and oxygen atoms in total. The zero-order valence-corrected chi connectivity index (χ0v) is 14.1. The van der Waals surface area contributed by atoms with E-state index >= 15 is 0 Å². The summed E-state index contributed by atoms with van der Waals surface area (Å²) in [6.45, 7) is 16.6. The predicted octanol–water partition coefficient (Wildman–Crippen LogP) is 6.19. The van der Waals surface area contributed by atoms with Gasteiger partial charge in [0.15, 0.2) is 0 Å². The predicted molar refractivity (Wildman–Crippen MR) is 84.4 cm³/mol. The molecule has 0 aliphatic carbocycles. The van der Waals surface area contributed by atoms with Gasteiger partial charge < -0.3 is 0 Å². The van der Waals surface area contributed by atoms with Crippen LogP contribution in [-0.4, -0.2) is 8.07 Å². The van der Waals surface area contributed by atoms with Crippen LogP contribution in [0.3, 0.4) is 0 Å². The summed E-state index contributed by atoms with van der Waals surface area (Å²) in [5.41, 5.74) is 5.00. The minimum absolute atomic E-state index is 0.987. The van der Waals surface area contributed by atoms with E-state index in [4.69, 9.17) is 0 Å². The Morgan fingerprint density at radius 1 is 0.882 bits per heavy atom. The lowest BCUT2D eigenvalue weighted by Crippen LogP contribution is -2.20. The molecular formula is C16H32Si. The normalized spacial score (nSPS) is 14.9. The second-order valence-electron chi connectivity index (χ2n) is 6.02. The average Bonchev–Trinajstić information content (AvgIpc) is 2.25. The molecule has 0 amide bonds. The highest BCUT2D eigenvalue weighted by atomic mass is 28.3. The molecule has 0 N–H and O–H groups in total. The summed E-state index contributed by atoms with van der Waals surface area (Å²) in [6.07, 6.45) is 7.21. The van der Waals surface area contributed by atoms with E-state index in [1.54, 1.807) is 16.7 Å². The molecule has 0 atom stereocenters. The summed E-state index contributed by atoms with van der Waals surface area (Å²) in [5.74, 6) is 0. The van der Waals surface area contributed by atoms with E-state index < -0.39 is 8.07 Å². The van der Waals surface area contributed by atoms with Crippen molar-refractivity contribution in [3.63, 3.8) is 0 Å². The van der Waals surface area contributed by atoms with Gasteiger partial charge in [-0.2, -0.15) is 0 Å². The Balaban J connectivity index is 5.30. The van der Waals surface area contributed by atoms with E-state index in [2.05, 4.69) is 53.4 Å². The van der Waals surface area contributed by atoms with Gasteiger partial charge in [-0.3, -0.25) is 0 Å². The Bertz CT molecular complexity index is 276. The Morgan fingerprint density at radius 2 is 1.47 bits per heavy atom. The fourth-order valence-corrected chi connectivity index (χ4v) is 4.26. The highest BCUT2D eigenvalue weighted by Crippen LogP contribution is 2.29. The van der Waals surface area contributed by atoms with E-state index in [0.717, 1.165) is 6.42 Å². The molecule has 0 aliphatic rings. The number of hydrogen-bond donors (Lipinski definition) is 0. The summed E-state index contributed by atoms with van der Waals surface area (Å²) in [5, 5.41) is 0. The summed E-state index contributed by atoms with van der Waals surface area (Å²) < 4.78 is 0. The summed E-state index contributed by atoms with van der Waals surface area (Å²) in [4.78, 5) is 0. The van der Waals surface area contributed by atoms with Crippen LogP contribution in [0, 0.1) is 0 Å². The lowest BCUT2D eigenvalue weighted by Gasteiger charge is -2.22. The Kier molecular flexibility index (Phi) is 7.77. The van der Waals surface area contributed by atoms with Crippen LogP contribution >= 0.6 is 0 Å². The van der Waals surface area contributed by atoms with Crippen molar-refractivity contribution >= 4 is 8.07 Å². The Labute approximate surface area is 110 Å². The van der Waals surface area contributed by atoms with Gasteiger partial charge >= 0.3 is 0 Å². The van der Waals surface area contributed by atoms with Crippen LogP contribution in [0.5, 0.6) is 0 Å². The third-order valence-electron chi connectivity index (χ3n) is 3.17. The van der Waals surface area contributed by atoms with Crippen LogP contribution in [0.2, 0.25) is 25.7 Å². The molecule has 0 bridgehead atoms. The van der Waals surface area contributed by atoms with E-state index in [1.165, 1.54) is 25.3 Å². The van der Waals surface area contributed by atoms with Gasteiger partial charge in [0.05, 0.1) is 0 Å². The molecule has 1 heteroatoms. The van der Waals surface area contributed by atoms with Crippen LogP contribution < -0.4 is 0 Å². The SMILES string of the molecule is CCC=C(CC)/C(CC)=C(/CC)C[Si](C)(C)C. The highest BCUT2D eigenvalue weighted by molar-refractivity contribution is 6.76. The van der Waals surface area contributed by atoms with Crippen molar-refractivity contribution in [2.75, 3.05) is 0 Å². The smallest absolute Gasteiger partial charge is 0.0483 e. The van der Waals surface area contributed by atoms with Gasteiger partial charge in [-0.15, -0.1) is 0 Å². The lowest BCUT2D eigenvalue weighted by atomic mass is 9.94. The Hall–Kier alpha value is -0.303. The second-order valence-corrected chi connectivity index (χ2v) is 11.5. The van der Waals surface area contributed by atoms with Crippen LogP contribution in [-0.2, 0) is 0 Å². The van der Waals surface area contributed by atoms with Crippen molar-refractivity contribution in [3.8, 4) is 0 Å². The first-order chi connectivity index (χ1) is 7.89. The van der Waals surface area contributed by atoms with Gasteiger partial charge in [0.25, 0.3) is 0 Å². The van der Waals surface area contributed by atoms with E-state index in [9.17, 15) is 0 Å². The van der Waals surface area contributed by atoms with Crippen molar-refractivity contribution in [2.24, 2.45) is 0 Å². The maximum Gasteiger partial charge on any atom is 0.0483 e.